The molecule has 1 aromatic carbocycles. The van der Waals surface area contributed by atoms with E-state index in [1.807, 2.05) is 0 Å². The number of benzene rings is 1. The highest BCUT2D eigenvalue weighted by Crippen LogP contribution is 2.32. The van der Waals surface area contributed by atoms with Gasteiger partial charge in [-0.2, -0.15) is 0 Å². The quantitative estimate of drug-likeness (QED) is 0.680. The van der Waals surface area contributed by atoms with Gasteiger partial charge in [-0.25, -0.2) is 0 Å². The van der Waals surface area contributed by atoms with Crippen LogP contribution in [0.2, 0.25) is 0 Å². The van der Waals surface area contributed by atoms with Crippen molar-refractivity contribution in [1.82, 2.24) is 0 Å². The van der Waals surface area contributed by atoms with Crippen LogP contribution < -0.4 is 4.74 Å². The van der Waals surface area contributed by atoms with Gasteiger partial charge >= 0.3 is 12.7 Å². The Morgan fingerprint density at radius 2 is 1.64 bits per heavy atom. The molecule has 2 rings (SSSR count). The van der Waals surface area contributed by atoms with E-state index in [2.05, 4.69) is 9.47 Å². The first-order valence-corrected chi connectivity index (χ1v) is 7.09. The first-order valence-electron chi connectivity index (χ1n) is 7.09. The van der Waals surface area contributed by atoms with Gasteiger partial charge in [-0.3, -0.25) is 4.74 Å². The van der Waals surface area contributed by atoms with E-state index in [1.165, 1.54) is 37.5 Å². The number of ether oxygens (including phenoxy) is 3. The number of halogens is 6. The van der Waals surface area contributed by atoms with Crippen molar-refractivity contribution in [2.75, 3.05) is 7.11 Å². The third-order valence-electron chi connectivity index (χ3n) is 3.33. The molecule has 0 bridgehead atoms. The predicted molar refractivity (Wildman–Crippen MR) is 75.6 cm³/mol. The van der Waals surface area contributed by atoms with Crippen LogP contribution in [0.4, 0.5) is 26.3 Å². The summed E-state index contributed by atoms with van der Waals surface area (Å²) >= 11 is 0. The molecule has 0 heterocycles. The molecule has 0 N–H and O–H groups in total. The first-order chi connectivity index (χ1) is 11.6. The maximum absolute atomic E-state index is 12.2. The largest absolute Gasteiger partial charge is 0.573 e. The van der Waals surface area contributed by atoms with E-state index in [1.54, 1.807) is 0 Å². The summed E-state index contributed by atoms with van der Waals surface area (Å²) in [4.78, 5) is 0. The minimum atomic E-state index is -4.79. The summed E-state index contributed by atoms with van der Waals surface area (Å²) in [5.41, 5.74) is 1.11. The molecule has 3 nitrogen and oxygen atoms in total. The molecule has 138 valence electrons. The summed E-state index contributed by atoms with van der Waals surface area (Å²) in [6, 6.07) is 5.06. The van der Waals surface area contributed by atoms with Crippen LogP contribution >= 0.6 is 0 Å². The Kier molecular flexibility index (Phi) is 5.79. The van der Waals surface area contributed by atoms with Crippen LogP contribution in [-0.4, -0.2) is 25.9 Å². The van der Waals surface area contributed by atoms with Crippen molar-refractivity contribution in [3.05, 3.63) is 53.6 Å². The van der Waals surface area contributed by atoms with Crippen LogP contribution in [0.25, 0.3) is 0 Å². The fourth-order valence-electron chi connectivity index (χ4n) is 2.38. The zero-order chi connectivity index (χ0) is 18.7. The molecule has 0 fully saturated rings. The van der Waals surface area contributed by atoms with E-state index < -0.39 is 24.9 Å². The van der Waals surface area contributed by atoms with Gasteiger partial charge in [0.1, 0.15) is 11.9 Å². The molecule has 1 aliphatic rings. The Bertz CT molecular complexity index is 631. The normalized spacial score (nSPS) is 19.5. The van der Waals surface area contributed by atoms with Gasteiger partial charge in [0.2, 0.25) is 0 Å². The number of methoxy groups -OCH3 is 1. The van der Waals surface area contributed by atoms with Gasteiger partial charge in [0.05, 0.1) is 6.10 Å². The van der Waals surface area contributed by atoms with Gasteiger partial charge in [-0.1, -0.05) is 30.4 Å². The highest BCUT2D eigenvalue weighted by atomic mass is 19.4. The molecule has 0 radical (unpaired) electrons. The van der Waals surface area contributed by atoms with Crippen LogP contribution in [0, 0.1) is 0 Å². The Hall–Kier alpha value is -2.00. The summed E-state index contributed by atoms with van der Waals surface area (Å²) in [5.74, 6) is -0.377. The average Bonchev–Trinajstić information content (AvgIpc) is 2.48. The van der Waals surface area contributed by atoms with Crippen LogP contribution in [0.5, 0.6) is 5.75 Å². The van der Waals surface area contributed by atoms with E-state index in [9.17, 15) is 26.3 Å². The summed E-state index contributed by atoms with van der Waals surface area (Å²) < 4.78 is 86.0. The Labute approximate surface area is 139 Å². The lowest BCUT2D eigenvalue weighted by molar-refractivity contribution is -0.336. The lowest BCUT2D eigenvalue weighted by atomic mass is 9.95. The molecule has 2 unspecified atom stereocenters. The fourth-order valence-corrected chi connectivity index (χ4v) is 2.38. The molecule has 0 saturated heterocycles. The molecule has 9 heteroatoms. The molecule has 25 heavy (non-hydrogen) atoms. The van der Waals surface area contributed by atoms with E-state index in [4.69, 9.17) is 4.74 Å². The highest BCUT2D eigenvalue weighted by molar-refractivity contribution is 5.37. The van der Waals surface area contributed by atoms with E-state index >= 15 is 0 Å². The van der Waals surface area contributed by atoms with Crippen molar-refractivity contribution in [2.45, 2.75) is 31.4 Å². The lowest BCUT2D eigenvalue weighted by Gasteiger charge is -2.23. The SMILES string of the molecule is COC(C1=CCC(OC(F)(F)F)C=C1)c1ccc(OC(F)(F)F)cc1. The van der Waals surface area contributed by atoms with Gasteiger partial charge in [0, 0.05) is 7.11 Å². The number of hydrogen-bond donors (Lipinski definition) is 0. The minimum absolute atomic E-state index is 0.000468. The molecule has 1 aromatic rings. The summed E-state index contributed by atoms with van der Waals surface area (Å²) in [6.45, 7) is 0. The van der Waals surface area contributed by atoms with Crippen LogP contribution in [0.3, 0.4) is 0 Å². The number of hydrogen-bond acceptors (Lipinski definition) is 3. The number of rotatable bonds is 5. The Morgan fingerprint density at radius 3 is 2.08 bits per heavy atom. The van der Waals surface area contributed by atoms with Crippen LogP contribution in [0.15, 0.2) is 48.1 Å². The first kappa shape index (κ1) is 19.3. The molecule has 0 aromatic heterocycles. The smallest absolute Gasteiger partial charge is 0.406 e. The molecule has 0 spiro atoms. The minimum Gasteiger partial charge on any atom is -0.406 e. The molecule has 0 saturated carbocycles. The van der Waals surface area contributed by atoms with E-state index in [0.717, 1.165) is 12.1 Å². The van der Waals surface area contributed by atoms with Crippen molar-refractivity contribution in [3.63, 3.8) is 0 Å². The standard InChI is InChI=1S/C16H14F6O3/c1-23-14(10-2-6-12(7-3-10)24-15(17,18)19)11-4-8-13(9-5-11)25-16(20,21)22/h2-8,13-14H,9H2,1H3. The second-order valence-corrected chi connectivity index (χ2v) is 5.13. The van der Waals surface area contributed by atoms with Crippen LogP contribution in [-0.2, 0) is 9.47 Å². The topological polar surface area (TPSA) is 27.7 Å². The lowest BCUT2D eigenvalue weighted by Crippen LogP contribution is -2.23. The molecular weight excluding hydrogens is 354 g/mol. The van der Waals surface area contributed by atoms with E-state index in [-0.39, 0.29) is 12.2 Å². The summed E-state index contributed by atoms with van der Waals surface area (Å²) in [6.07, 6.45) is -7.04. The Balaban J connectivity index is 2.07. The fraction of sp³-hybridized carbons (Fsp3) is 0.375. The monoisotopic (exact) mass is 368 g/mol. The molecule has 1 aliphatic carbocycles. The van der Waals surface area contributed by atoms with Crippen molar-refractivity contribution in [2.24, 2.45) is 0 Å². The third kappa shape index (κ3) is 6.09. The Morgan fingerprint density at radius 1 is 1.00 bits per heavy atom. The molecular formula is C16H14F6O3. The zero-order valence-corrected chi connectivity index (χ0v) is 12.9. The highest BCUT2D eigenvalue weighted by Gasteiger charge is 2.33. The average molecular weight is 368 g/mol. The second kappa shape index (κ2) is 7.49. The van der Waals surface area contributed by atoms with Crippen molar-refractivity contribution in [1.29, 1.82) is 0 Å². The van der Waals surface area contributed by atoms with Crippen molar-refractivity contribution >= 4 is 0 Å². The van der Waals surface area contributed by atoms with Gasteiger partial charge in [0.15, 0.2) is 0 Å². The third-order valence-corrected chi connectivity index (χ3v) is 3.33. The van der Waals surface area contributed by atoms with Gasteiger partial charge < -0.3 is 9.47 Å². The summed E-state index contributed by atoms with van der Waals surface area (Å²) in [5, 5.41) is 0. The maximum Gasteiger partial charge on any atom is 0.573 e. The van der Waals surface area contributed by atoms with Gasteiger partial charge in [-0.05, 0) is 29.7 Å². The van der Waals surface area contributed by atoms with Crippen molar-refractivity contribution in [3.8, 4) is 5.75 Å². The van der Waals surface area contributed by atoms with Crippen LogP contribution in [0.1, 0.15) is 18.1 Å². The molecule has 0 amide bonds. The number of alkyl halides is 6. The zero-order valence-electron chi connectivity index (χ0n) is 12.9. The molecule has 2 atom stereocenters. The van der Waals surface area contributed by atoms with Gasteiger partial charge in [0.25, 0.3) is 0 Å². The predicted octanol–water partition coefficient (Wildman–Crippen LogP) is 5.06. The molecule has 0 aliphatic heterocycles. The second-order valence-electron chi connectivity index (χ2n) is 5.13. The van der Waals surface area contributed by atoms with Crippen molar-refractivity contribution < 1.29 is 40.6 Å². The maximum atomic E-state index is 12.2. The van der Waals surface area contributed by atoms with E-state index in [0.29, 0.717) is 11.1 Å². The van der Waals surface area contributed by atoms with Gasteiger partial charge in [-0.15, -0.1) is 26.3 Å². The summed E-state index contributed by atoms with van der Waals surface area (Å²) in [7, 11) is 1.39.